The molecule has 0 radical (unpaired) electrons. The maximum absolute atomic E-state index is 4.65. The molecule has 0 bridgehead atoms. The summed E-state index contributed by atoms with van der Waals surface area (Å²) >= 11 is 3.49. The van der Waals surface area contributed by atoms with Crippen molar-refractivity contribution in [2.24, 2.45) is 7.05 Å². The monoisotopic (exact) mass is 295 g/mol. The summed E-state index contributed by atoms with van der Waals surface area (Å²) in [6.07, 6.45) is 0.959. The molecule has 0 amide bonds. The molecular formula is C13H18BrN3. The van der Waals surface area contributed by atoms with Crippen molar-refractivity contribution in [3.63, 3.8) is 0 Å². The lowest BCUT2D eigenvalue weighted by atomic mass is 10.3. The Morgan fingerprint density at radius 2 is 2.18 bits per heavy atom. The first kappa shape index (κ1) is 12.6. The van der Waals surface area contributed by atoms with Crippen LogP contribution < -0.4 is 5.32 Å². The van der Waals surface area contributed by atoms with Crippen LogP contribution in [0.2, 0.25) is 0 Å². The van der Waals surface area contributed by atoms with Crippen LogP contribution in [0.15, 0.2) is 22.7 Å². The first-order chi connectivity index (χ1) is 8.08. The molecule has 2 aromatic rings. The minimum atomic E-state index is 0.527. The number of nitrogens with zero attached hydrogens (tertiary/aromatic N) is 2. The average molecular weight is 296 g/mol. The number of hydrogen-bond donors (Lipinski definition) is 1. The van der Waals surface area contributed by atoms with Gasteiger partial charge < -0.3 is 9.88 Å². The lowest BCUT2D eigenvalue weighted by Crippen LogP contribution is -2.25. The van der Waals surface area contributed by atoms with Crippen LogP contribution in [0.3, 0.4) is 0 Å². The molecule has 0 aliphatic rings. The van der Waals surface area contributed by atoms with Crippen LogP contribution in [0, 0.1) is 0 Å². The van der Waals surface area contributed by atoms with E-state index in [-0.39, 0.29) is 0 Å². The molecule has 1 N–H and O–H groups in total. The third-order valence-electron chi connectivity index (χ3n) is 2.84. The van der Waals surface area contributed by atoms with E-state index in [0.29, 0.717) is 6.04 Å². The standard InChI is InChI=1S/C13H18BrN3/c1-9(2)15-7-6-13-16-11-5-4-10(14)8-12(11)17(13)3/h4-5,8-9,15H,6-7H2,1-3H3. The zero-order valence-corrected chi connectivity index (χ0v) is 12.1. The SMILES string of the molecule is CC(C)NCCc1nc2ccc(Br)cc2n1C. The lowest BCUT2D eigenvalue weighted by molar-refractivity contribution is 0.578. The lowest BCUT2D eigenvalue weighted by Gasteiger charge is -2.07. The minimum absolute atomic E-state index is 0.527. The zero-order chi connectivity index (χ0) is 12.4. The fourth-order valence-electron chi connectivity index (χ4n) is 1.91. The molecule has 0 spiro atoms. The van der Waals surface area contributed by atoms with Crippen LogP contribution in [0.5, 0.6) is 0 Å². The molecule has 0 atom stereocenters. The van der Waals surface area contributed by atoms with Gasteiger partial charge >= 0.3 is 0 Å². The second-order valence-electron chi connectivity index (χ2n) is 4.58. The van der Waals surface area contributed by atoms with E-state index >= 15 is 0 Å². The van der Waals surface area contributed by atoms with E-state index in [9.17, 15) is 0 Å². The normalized spacial score (nSPS) is 11.6. The van der Waals surface area contributed by atoms with Crippen LogP contribution >= 0.6 is 15.9 Å². The number of halogens is 1. The van der Waals surface area contributed by atoms with Crippen LogP contribution in [0.4, 0.5) is 0 Å². The highest BCUT2D eigenvalue weighted by molar-refractivity contribution is 9.10. The first-order valence-corrected chi connectivity index (χ1v) is 6.71. The maximum atomic E-state index is 4.65. The quantitative estimate of drug-likeness (QED) is 0.940. The summed E-state index contributed by atoms with van der Waals surface area (Å²) in [5.74, 6) is 1.13. The van der Waals surface area contributed by atoms with Gasteiger partial charge in [-0.25, -0.2) is 4.98 Å². The van der Waals surface area contributed by atoms with Crippen molar-refractivity contribution in [2.75, 3.05) is 6.54 Å². The largest absolute Gasteiger partial charge is 0.331 e. The Hall–Kier alpha value is -0.870. The van der Waals surface area contributed by atoms with E-state index < -0.39 is 0 Å². The van der Waals surface area contributed by atoms with E-state index in [4.69, 9.17) is 0 Å². The second-order valence-corrected chi connectivity index (χ2v) is 5.49. The molecule has 0 unspecified atom stereocenters. The van der Waals surface area contributed by atoms with Gasteiger partial charge in [-0.3, -0.25) is 0 Å². The molecule has 3 nitrogen and oxygen atoms in total. The van der Waals surface area contributed by atoms with Crippen molar-refractivity contribution >= 4 is 27.0 Å². The summed E-state index contributed by atoms with van der Waals surface area (Å²) in [7, 11) is 2.08. The van der Waals surface area contributed by atoms with Crippen LogP contribution in [0.1, 0.15) is 19.7 Å². The Morgan fingerprint density at radius 1 is 1.41 bits per heavy atom. The van der Waals surface area contributed by atoms with Crippen molar-refractivity contribution in [1.82, 2.24) is 14.9 Å². The van der Waals surface area contributed by atoms with Crippen molar-refractivity contribution in [2.45, 2.75) is 26.3 Å². The molecule has 17 heavy (non-hydrogen) atoms. The third kappa shape index (κ3) is 2.87. The molecule has 1 aromatic carbocycles. The van der Waals surface area contributed by atoms with Crippen molar-refractivity contribution in [1.29, 1.82) is 0 Å². The number of nitrogens with one attached hydrogen (secondary N) is 1. The highest BCUT2D eigenvalue weighted by atomic mass is 79.9. The minimum Gasteiger partial charge on any atom is -0.331 e. The van der Waals surface area contributed by atoms with Gasteiger partial charge in [-0.15, -0.1) is 0 Å². The Balaban J connectivity index is 2.20. The van der Waals surface area contributed by atoms with Crippen LogP contribution in [0.25, 0.3) is 11.0 Å². The summed E-state index contributed by atoms with van der Waals surface area (Å²) in [5, 5.41) is 3.41. The summed E-state index contributed by atoms with van der Waals surface area (Å²) in [5.41, 5.74) is 2.24. The van der Waals surface area contributed by atoms with Gasteiger partial charge in [0.05, 0.1) is 11.0 Å². The van der Waals surface area contributed by atoms with Gasteiger partial charge in [-0.05, 0) is 18.2 Å². The first-order valence-electron chi connectivity index (χ1n) is 5.92. The molecule has 1 aromatic heterocycles. The fraction of sp³-hybridized carbons (Fsp3) is 0.462. The molecular weight excluding hydrogens is 278 g/mol. The number of hydrogen-bond acceptors (Lipinski definition) is 2. The molecule has 0 saturated carbocycles. The van der Waals surface area contributed by atoms with Gasteiger partial charge in [0.15, 0.2) is 0 Å². The summed E-state index contributed by atoms with van der Waals surface area (Å²) in [4.78, 5) is 4.65. The van der Waals surface area contributed by atoms with Crippen molar-refractivity contribution < 1.29 is 0 Å². The molecule has 0 fully saturated rings. The molecule has 2 rings (SSSR count). The van der Waals surface area contributed by atoms with Crippen LogP contribution in [-0.2, 0) is 13.5 Å². The van der Waals surface area contributed by atoms with Gasteiger partial charge in [0, 0.05) is 30.5 Å². The molecule has 0 aliphatic heterocycles. The smallest absolute Gasteiger partial charge is 0.110 e. The number of rotatable bonds is 4. The number of imidazole rings is 1. The summed E-state index contributed by atoms with van der Waals surface area (Å²) in [6.45, 7) is 5.29. The topological polar surface area (TPSA) is 29.9 Å². The van der Waals surface area contributed by atoms with Gasteiger partial charge in [0.2, 0.25) is 0 Å². The highest BCUT2D eigenvalue weighted by Gasteiger charge is 2.07. The zero-order valence-electron chi connectivity index (χ0n) is 10.5. The van der Waals surface area contributed by atoms with Crippen LogP contribution in [-0.4, -0.2) is 22.1 Å². The van der Waals surface area contributed by atoms with Gasteiger partial charge in [-0.1, -0.05) is 29.8 Å². The highest BCUT2D eigenvalue weighted by Crippen LogP contribution is 2.20. The number of fused-ring (bicyclic) bond motifs is 1. The third-order valence-corrected chi connectivity index (χ3v) is 3.33. The molecule has 4 heteroatoms. The van der Waals surface area contributed by atoms with Gasteiger partial charge in [-0.2, -0.15) is 0 Å². The van der Waals surface area contributed by atoms with E-state index in [1.165, 1.54) is 5.52 Å². The van der Waals surface area contributed by atoms with Crippen molar-refractivity contribution in [3.05, 3.63) is 28.5 Å². The Bertz CT molecular complexity index is 517. The van der Waals surface area contributed by atoms with E-state index in [1.54, 1.807) is 0 Å². The number of aryl methyl sites for hydroxylation is 1. The van der Waals surface area contributed by atoms with Gasteiger partial charge in [0.1, 0.15) is 5.82 Å². The van der Waals surface area contributed by atoms with E-state index in [1.807, 2.05) is 6.07 Å². The Morgan fingerprint density at radius 3 is 2.88 bits per heavy atom. The number of aromatic nitrogens is 2. The summed E-state index contributed by atoms with van der Waals surface area (Å²) in [6, 6.07) is 6.73. The van der Waals surface area contributed by atoms with E-state index in [0.717, 1.165) is 28.8 Å². The molecule has 92 valence electrons. The van der Waals surface area contributed by atoms with Gasteiger partial charge in [0.25, 0.3) is 0 Å². The molecule has 0 saturated heterocycles. The molecule has 1 heterocycles. The summed E-state index contributed by atoms with van der Waals surface area (Å²) < 4.78 is 3.27. The number of benzene rings is 1. The van der Waals surface area contributed by atoms with E-state index in [2.05, 4.69) is 63.8 Å². The molecule has 0 aliphatic carbocycles. The predicted molar refractivity (Wildman–Crippen MR) is 75.3 cm³/mol. The average Bonchev–Trinajstić information content (AvgIpc) is 2.56. The fourth-order valence-corrected chi connectivity index (χ4v) is 2.26. The Kier molecular flexibility index (Phi) is 3.84. The second kappa shape index (κ2) is 5.19. The van der Waals surface area contributed by atoms with Crippen molar-refractivity contribution in [3.8, 4) is 0 Å². The Labute approximate surface area is 110 Å². The predicted octanol–water partition coefficient (Wildman–Crippen LogP) is 2.88. The maximum Gasteiger partial charge on any atom is 0.110 e.